The number of halogens is 2. The summed E-state index contributed by atoms with van der Waals surface area (Å²) in [5, 5.41) is 0. The molecule has 2 heteroatoms. The summed E-state index contributed by atoms with van der Waals surface area (Å²) in [6.07, 6.45) is 11.6. The lowest BCUT2D eigenvalue weighted by atomic mass is 9.68. The van der Waals surface area contributed by atoms with E-state index in [2.05, 4.69) is 6.92 Å². The van der Waals surface area contributed by atoms with E-state index in [1.807, 2.05) is 0 Å². The molecule has 0 spiro atoms. The fourth-order valence-electron chi connectivity index (χ4n) is 4.89. The predicted molar refractivity (Wildman–Crippen MR) is 91.5 cm³/mol. The first-order chi connectivity index (χ1) is 11.1. The van der Waals surface area contributed by atoms with Gasteiger partial charge in [-0.1, -0.05) is 26.2 Å². The Hall–Kier alpha value is -0.920. The van der Waals surface area contributed by atoms with Crippen molar-refractivity contribution in [3.8, 4) is 0 Å². The summed E-state index contributed by atoms with van der Waals surface area (Å²) >= 11 is 0. The van der Waals surface area contributed by atoms with Crippen LogP contribution in [0.3, 0.4) is 0 Å². The molecule has 23 heavy (non-hydrogen) atoms. The smallest absolute Gasteiger partial charge is 0.129 e. The van der Waals surface area contributed by atoms with E-state index in [1.54, 1.807) is 12.1 Å². The van der Waals surface area contributed by atoms with Crippen molar-refractivity contribution in [1.29, 1.82) is 0 Å². The molecule has 0 aromatic heterocycles. The molecule has 0 N–H and O–H groups in total. The summed E-state index contributed by atoms with van der Waals surface area (Å²) in [6, 6.07) is 3.13. The van der Waals surface area contributed by atoms with Gasteiger partial charge in [0.25, 0.3) is 0 Å². The second-order valence-corrected chi connectivity index (χ2v) is 7.91. The van der Waals surface area contributed by atoms with E-state index in [4.69, 9.17) is 0 Å². The largest absolute Gasteiger partial charge is 0.207 e. The van der Waals surface area contributed by atoms with Gasteiger partial charge >= 0.3 is 0 Å². The minimum Gasteiger partial charge on any atom is -0.207 e. The van der Waals surface area contributed by atoms with Crippen LogP contribution >= 0.6 is 0 Å². The Bertz CT molecular complexity index is 498. The summed E-state index contributed by atoms with van der Waals surface area (Å²) < 4.78 is 27.6. The van der Waals surface area contributed by atoms with Crippen LogP contribution in [0.2, 0.25) is 0 Å². The average Bonchev–Trinajstić information content (AvgIpc) is 2.59. The third-order valence-electron chi connectivity index (χ3n) is 6.68. The van der Waals surface area contributed by atoms with Crippen molar-refractivity contribution in [2.45, 2.75) is 77.6 Å². The van der Waals surface area contributed by atoms with Crippen LogP contribution in [0.5, 0.6) is 0 Å². The zero-order chi connectivity index (χ0) is 16.4. The minimum atomic E-state index is -0.389. The van der Waals surface area contributed by atoms with Gasteiger partial charge in [0.15, 0.2) is 0 Å². The van der Waals surface area contributed by atoms with Crippen molar-refractivity contribution in [3.05, 3.63) is 34.9 Å². The summed E-state index contributed by atoms with van der Waals surface area (Å²) in [5.41, 5.74) is 1.02. The topological polar surface area (TPSA) is 0 Å². The molecule has 1 aromatic carbocycles. The molecule has 0 bridgehead atoms. The summed E-state index contributed by atoms with van der Waals surface area (Å²) in [7, 11) is 0. The number of benzene rings is 1. The average molecular weight is 320 g/mol. The van der Waals surface area contributed by atoms with Gasteiger partial charge in [-0.25, -0.2) is 8.78 Å². The Balaban J connectivity index is 1.56. The molecular weight excluding hydrogens is 290 g/mol. The second kappa shape index (κ2) is 7.32. The van der Waals surface area contributed by atoms with Gasteiger partial charge in [0, 0.05) is 5.56 Å². The van der Waals surface area contributed by atoms with Crippen LogP contribution in [0, 0.1) is 36.3 Å². The molecule has 0 aliphatic heterocycles. The third-order valence-corrected chi connectivity index (χ3v) is 6.68. The highest BCUT2D eigenvalue weighted by molar-refractivity contribution is 5.28. The van der Waals surface area contributed by atoms with Crippen LogP contribution in [0.15, 0.2) is 12.1 Å². The maximum Gasteiger partial charge on any atom is 0.129 e. The normalized spacial score (nSPS) is 32.0. The number of rotatable bonds is 3. The molecule has 2 aliphatic rings. The van der Waals surface area contributed by atoms with E-state index < -0.39 is 0 Å². The van der Waals surface area contributed by atoms with Crippen molar-refractivity contribution in [2.24, 2.45) is 17.8 Å². The zero-order valence-corrected chi connectivity index (χ0v) is 14.6. The fraction of sp³-hybridized carbons (Fsp3) is 0.714. The second-order valence-electron chi connectivity index (χ2n) is 7.91. The molecule has 0 nitrogen and oxygen atoms in total. The van der Waals surface area contributed by atoms with Gasteiger partial charge in [-0.3, -0.25) is 0 Å². The molecule has 0 heterocycles. The quantitative estimate of drug-likeness (QED) is 0.577. The molecule has 128 valence electrons. The predicted octanol–water partition coefficient (Wildman–Crippen LogP) is 6.76. The lowest BCUT2D eigenvalue weighted by molar-refractivity contribution is 0.158. The number of hydrogen-bond donors (Lipinski definition) is 0. The maximum absolute atomic E-state index is 13.8. The molecule has 2 saturated carbocycles. The summed E-state index contributed by atoms with van der Waals surface area (Å²) in [5.74, 6) is 2.29. The van der Waals surface area contributed by atoms with E-state index in [0.29, 0.717) is 5.92 Å². The highest BCUT2D eigenvalue weighted by atomic mass is 19.1. The van der Waals surface area contributed by atoms with Crippen LogP contribution in [-0.4, -0.2) is 0 Å². The third kappa shape index (κ3) is 3.78. The SMILES string of the molecule is CCC1CCC(C2CCC(c3cc(F)c(C)c(F)c3)CC2)CC1. The molecule has 1 aromatic rings. The Kier molecular flexibility index (Phi) is 5.38. The van der Waals surface area contributed by atoms with E-state index in [9.17, 15) is 8.78 Å². The Morgan fingerprint density at radius 1 is 0.826 bits per heavy atom. The van der Waals surface area contributed by atoms with Gasteiger partial charge < -0.3 is 0 Å². The molecule has 2 aliphatic carbocycles. The van der Waals surface area contributed by atoms with E-state index in [1.165, 1.54) is 51.9 Å². The van der Waals surface area contributed by atoms with Gasteiger partial charge in [-0.15, -0.1) is 0 Å². The van der Waals surface area contributed by atoms with Crippen LogP contribution < -0.4 is 0 Å². The summed E-state index contributed by atoms with van der Waals surface area (Å²) in [6.45, 7) is 3.83. The van der Waals surface area contributed by atoms with Crippen molar-refractivity contribution in [2.75, 3.05) is 0 Å². The van der Waals surface area contributed by atoms with Crippen LogP contribution in [0.25, 0.3) is 0 Å². The lowest BCUT2D eigenvalue weighted by Gasteiger charge is -2.38. The van der Waals surface area contributed by atoms with Crippen molar-refractivity contribution in [3.63, 3.8) is 0 Å². The molecule has 0 saturated heterocycles. The molecule has 0 atom stereocenters. The van der Waals surface area contributed by atoms with Crippen molar-refractivity contribution >= 4 is 0 Å². The molecule has 3 rings (SSSR count). The molecule has 2 fully saturated rings. The first-order valence-corrected chi connectivity index (χ1v) is 9.54. The van der Waals surface area contributed by atoms with Crippen LogP contribution in [0.4, 0.5) is 8.78 Å². The van der Waals surface area contributed by atoms with Gasteiger partial charge in [-0.05, 0) is 86.8 Å². The first-order valence-electron chi connectivity index (χ1n) is 9.54. The molecular formula is C21H30F2. The highest BCUT2D eigenvalue weighted by Crippen LogP contribution is 2.44. The lowest BCUT2D eigenvalue weighted by Crippen LogP contribution is -2.25. The van der Waals surface area contributed by atoms with Gasteiger partial charge in [0.1, 0.15) is 11.6 Å². The summed E-state index contributed by atoms with van der Waals surface area (Å²) in [4.78, 5) is 0. The van der Waals surface area contributed by atoms with Gasteiger partial charge in [0.05, 0.1) is 0 Å². The van der Waals surface area contributed by atoms with Crippen molar-refractivity contribution in [1.82, 2.24) is 0 Å². The van der Waals surface area contributed by atoms with E-state index >= 15 is 0 Å². The standard InChI is InChI=1S/C21H30F2/c1-3-15-4-6-16(7-5-15)17-8-10-18(11-9-17)19-12-20(22)14(2)21(23)13-19/h12-13,15-18H,3-11H2,1-2H3. The monoisotopic (exact) mass is 320 g/mol. The van der Waals surface area contributed by atoms with Gasteiger partial charge in [-0.2, -0.15) is 0 Å². The first kappa shape index (κ1) is 16.9. The highest BCUT2D eigenvalue weighted by Gasteiger charge is 2.31. The fourth-order valence-corrected chi connectivity index (χ4v) is 4.89. The maximum atomic E-state index is 13.8. The zero-order valence-electron chi connectivity index (χ0n) is 14.6. The Morgan fingerprint density at radius 2 is 1.30 bits per heavy atom. The number of hydrogen-bond acceptors (Lipinski definition) is 0. The molecule has 0 amide bonds. The minimum absolute atomic E-state index is 0.148. The molecule has 0 radical (unpaired) electrons. The van der Waals surface area contributed by atoms with Crippen LogP contribution in [-0.2, 0) is 0 Å². The van der Waals surface area contributed by atoms with E-state index in [0.717, 1.165) is 36.2 Å². The van der Waals surface area contributed by atoms with E-state index in [-0.39, 0.29) is 17.2 Å². The van der Waals surface area contributed by atoms with Crippen LogP contribution in [0.1, 0.15) is 81.8 Å². The molecule has 0 unspecified atom stereocenters. The van der Waals surface area contributed by atoms with Crippen molar-refractivity contribution < 1.29 is 8.78 Å². The Labute approximate surface area is 139 Å². The van der Waals surface area contributed by atoms with Gasteiger partial charge in [0.2, 0.25) is 0 Å². The Morgan fingerprint density at radius 3 is 1.78 bits per heavy atom.